The van der Waals surface area contributed by atoms with Crippen LogP contribution in [0.3, 0.4) is 0 Å². The Morgan fingerprint density at radius 1 is 1.22 bits per heavy atom. The zero-order chi connectivity index (χ0) is 12.4. The van der Waals surface area contributed by atoms with E-state index in [0.29, 0.717) is 0 Å². The number of anilines is 1. The second kappa shape index (κ2) is 4.96. The molecule has 0 aliphatic rings. The smallest absolute Gasteiger partial charge is 0.0766 e. The van der Waals surface area contributed by atoms with E-state index in [4.69, 9.17) is 11.6 Å². The predicted octanol–water partition coefficient (Wildman–Crippen LogP) is 4.56. The molecule has 4 heteroatoms. The largest absolute Gasteiger partial charge is 0.380 e. The van der Waals surface area contributed by atoms with Crippen LogP contribution in [0.15, 0.2) is 47.3 Å². The van der Waals surface area contributed by atoms with Gasteiger partial charge < -0.3 is 5.32 Å². The van der Waals surface area contributed by atoms with Gasteiger partial charge in [-0.3, -0.25) is 4.98 Å². The summed E-state index contributed by atoms with van der Waals surface area (Å²) in [5.74, 6) is 0. The molecule has 0 atom stereocenters. The summed E-state index contributed by atoms with van der Waals surface area (Å²) in [7, 11) is 0. The van der Waals surface area contributed by atoms with Gasteiger partial charge in [0.25, 0.3) is 0 Å². The molecule has 1 N–H and O–H groups in total. The maximum absolute atomic E-state index is 6.17. The molecule has 0 spiro atoms. The first-order valence-corrected chi connectivity index (χ1v) is 6.95. The van der Waals surface area contributed by atoms with Crippen molar-refractivity contribution in [3.8, 4) is 0 Å². The molecule has 2 heterocycles. The van der Waals surface area contributed by atoms with Gasteiger partial charge in [-0.15, -0.1) is 0 Å². The number of nitrogens with one attached hydrogen (secondary N) is 1. The minimum absolute atomic E-state index is 0.748. The van der Waals surface area contributed by atoms with E-state index in [-0.39, 0.29) is 0 Å². The van der Waals surface area contributed by atoms with Crippen molar-refractivity contribution in [1.29, 1.82) is 0 Å². The molecule has 18 heavy (non-hydrogen) atoms. The summed E-state index contributed by atoms with van der Waals surface area (Å²) in [6.45, 7) is 0.751. The molecule has 0 aliphatic carbocycles. The van der Waals surface area contributed by atoms with Crippen LogP contribution in [0.2, 0.25) is 5.02 Å². The summed E-state index contributed by atoms with van der Waals surface area (Å²) in [6.07, 6.45) is 1.80. The van der Waals surface area contributed by atoms with Crippen molar-refractivity contribution in [3.05, 3.63) is 57.9 Å². The van der Waals surface area contributed by atoms with Crippen molar-refractivity contribution in [2.75, 3.05) is 5.32 Å². The van der Waals surface area contributed by atoms with Crippen molar-refractivity contribution in [2.24, 2.45) is 0 Å². The number of hydrogen-bond acceptors (Lipinski definition) is 3. The molecule has 90 valence electrons. The fourth-order valence-corrected chi connectivity index (χ4v) is 2.73. The first-order valence-electron chi connectivity index (χ1n) is 5.63. The van der Waals surface area contributed by atoms with Crippen LogP contribution in [0.1, 0.15) is 5.56 Å². The molecule has 0 radical (unpaired) electrons. The van der Waals surface area contributed by atoms with Crippen LogP contribution >= 0.6 is 22.9 Å². The lowest BCUT2D eigenvalue weighted by atomic mass is 10.1. The van der Waals surface area contributed by atoms with E-state index in [1.54, 1.807) is 17.5 Å². The molecule has 0 saturated heterocycles. The number of fused-ring (bicyclic) bond motifs is 1. The molecule has 1 aromatic carbocycles. The third-order valence-corrected chi connectivity index (χ3v) is 3.82. The van der Waals surface area contributed by atoms with E-state index in [9.17, 15) is 0 Å². The van der Waals surface area contributed by atoms with Gasteiger partial charge in [0, 0.05) is 34.2 Å². The maximum Gasteiger partial charge on any atom is 0.0766 e. The van der Waals surface area contributed by atoms with Crippen molar-refractivity contribution in [3.63, 3.8) is 0 Å². The molecule has 2 nitrogen and oxygen atoms in total. The summed E-state index contributed by atoms with van der Waals surface area (Å²) >= 11 is 7.85. The van der Waals surface area contributed by atoms with Crippen LogP contribution in [0, 0.1) is 0 Å². The van der Waals surface area contributed by atoms with Gasteiger partial charge in [-0.2, -0.15) is 11.3 Å². The molecule has 2 aromatic heterocycles. The fourth-order valence-electron chi connectivity index (χ4n) is 1.90. The number of pyridine rings is 1. The zero-order valence-corrected chi connectivity index (χ0v) is 11.1. The lowest BCUT2D eigenvalue weighted by Gasteiger charge is -2.08. The fraction of sp³-hybridized carbons (Fsp3) is 0.0714. The quantitative estimate of drug-likeness (QED) is 0.757. The normalized spacial score (nSPS) is 10.7. The Bertz CT molecular complexity index is 665. The van der Waals surface area contributed by atoms with Crippen LogP contribution < -0.4 is 5.32 Å². The van der Waals surface area contributed by atoms with Crippen molar-refractivity contribution in [2.45, 2.75) is 6.54 Å². The van der Waals surface area contributed by atoms with E-state index < -0.39 is 0 Å². The molecule has 3 aromatic rings. The number of thiophene rings is 1. The highest BCUT2D eigenvalue weighted by atomic mass is 35.5. The van der Waals surface area contributed by atoms with Gasteiger partial charge in [0.05, 0.1) is 5.52 Å². The van der Waals surface area contributed by atoms with Gasteiger partial charge in [0.2, 0.25) is 0 Å². The Labute approximate surface area is 114 Å². The van der Waals surface area contributed by atoms with Crippen molar-refractivity contribution >= 4 is 39.5 Å². The monoisotopic (exact) mass is 274 g/mol. The Hall–Kier alpha value is -1.58. The van der Waals surface area contributed by atoms with Gasteiger partial charge in [0.1, 0.15) is 0 Å². The minimum atomic E-state index is 0.748. The number of benzene rings is 1. The summed E-state index contributed by atoms with van der Waals surface area (Å²) in [6, 6.07) is 9.92. The van der Waals surface area contributed by atoms with Crippen molar-refractivity contribution < 1.29 is 0 Å². The molecular weight excluding hydrogens is 264 g/mol. The second-order valence-corrected chi connectivity index (χ2v) is 5.16. The van der Waals surface area contributed by atoms with Gasteiger partial charge in [-0.05, 0) is 35.2 Å². The number of rotatable bonds is 3. The lowest BCUT2D eigenvalue weighted by Crippen LogP contribution is -1.99. The SMILES string of the molecule is Clc1ccc(CNc2ccsc2)c2ncccc12. The van der Waals surface area contributed by atoms with Gasteiger partial charge >= 0.3 is 0 Å². The summed E-state index contributed by atoms with van der Waals surface area (Å²) in [5.41, 5.74) is 3.26. The Balaban J connectivity index is 1.94. The van der Waals surface area contributed by atoms with Crippen LogP contribution in [0.4, 0.5) is 5.69 Å². The van der Waals surface area contributed by atoms with Gasteiger partial charge in [0.15, 0.2) is 0 Å². The molecule has 0 unspecified atom stereocenters. The number of nitrogens with zero attached hydrogens (tertiary/aromatic N) is 1. The highest BCUT2D eigenvalue weighted by molar-refractivity contribution is 7.08. The molecule has 0 aliphatic heterocycles. The maximum atomic E-state index is 6.17. The molecular formula is C14H11ClN2S. The Morgan fingerprint density at radius 2 is 2.17 bits per heavy atom. The number of hydrogen-bond donors (Lipinski definition) is 1. The molecule has 0 saturated carbocycles. The van der Waals surface area contributed by atoms with E-state index in [1.165, 1.54) is 0 Å². The van der Waals surface area contributed by atoms with E-state index in [2.05, 4.69) is 27.1 Å². The van der Waals surface area contributed by atoms with E-state index in [0.717, 1.165) is 33.7 Å². The average Bonchev–Trinajstić information content (AvgIpc) is 2.92. The van der Waals surface area contributed by atoms with Crippen LogP contribution in [0.25, 0.3) is 10.9 Å². The average molecular weight is 275 g/mol. The first-order chi connectivity index (χ1) is 8.84. The standard InChI is InChI=1S/C14H11ClN2S/c15-13-4-3-10(8-17-11-5-7-18-9-11)14-12(13)2-1-6-16-14/h1-7,9,17H,8H2. The van der Waals surface area contributed by atoms with Crippen LogP contribution in [0.5, 0.6) is 0 Å². The topological polar surface area (TPSA) is 24.9 Å². The van der Waals surface area contributed by atoms with E-state index >= 15 is 0 Å². The van der Waals surface area contributed by atoms with Gasteiger partial charge in [-0.25, -0.2) is 0 Å². The zero-order valence-electron chi connectivity index (χ0n) is 9.56. The number of aromatic nitrogens is 1. The predicted molar refractivity (Wildman–Crippen MR) is 78.4 cm³/mol. The molecule has 3 rings (SSSR count). The Morgan fingerprint density at radius 3 is 3.00 bits per heavy atom. The third kappa shape index (κ3) is 2.19. The highest BCUT2D eigenvalue weighted by Gasteiger charge is 2.05. The van der Waals surface area contributed by atoms with Crippen LogP contribution in [-0.2, 0) is 6.54 Å². The summed E-state index contributed by atoms with van der Waals surface area (Å²) < 4.78 is 0. The minimum Gasteiger partial charge on any atom is -0.380 e. The number of halogens is 1. The molecule has 0 fully saturated rings. The summed E-state index contributed by atoms with van der Waals surface area (Å²) in [5, 5.41) is 9.28. The van der Waals surface area contributed by atoms with Crippen molar-refractivity contribution in [1.82, 2.24) is 4.98 Å². The molecule has 0 bridgehead atoms. The van der Waals surface area contributed by atoms with Gasteiger partial charge in [-0.1, -0.05) is 17.7 Å². The first kappa shape index (κ1) is 11.5. The van der Waals surface area contributed by atoms with Crippen LogP contribution in [-0.4, -0.2) is 4.98 Å². The molecule has 0 amide bonds. The third-order valence-electron chi connectivity index (χ3n) is 2.80. The lowest BCUT2D eigenvalue weighted by molar-refractivity contribution is 1.16. The Kier molecular flexibility index (Phi) is 3.17. The summed E-state index contributed by atoms with van der Waals surface area (Å²) in [4.78, 5) is 4.42. The second-order valence-electron chi connectivity index (χ2n) is 3.97. The van der Waals surface area contributed by atoms with E-state index in [1.807, 2.05) is 24.3 Å². The highest BCUT2D eigenvalue weighted by Crippen LogP contribution is 2.25.